The van der Waals surface area contributed by atoms with Crippen LogP contribution in [0.25, 0.3) is 22.1 Å². The second-order valence-electron chi connectivity index (χ2n) is 7.42. The maximum atomic E-state index is 12.7. The van der Waals surface area contributed by atoms with Crippen LogP contribution in [-0.4, -0.2) is 23.1 Å². The fourth-order valence-corrected chi connectivity index (χ4v) is 3.60. The van der Waals surface area contributed by atoms with Crippen molar-refractivity contribution in [2.45, 2.75) is 46.1 Å². The van der Waals surface area contributed by atoms with Gasteiger partial charge in [-0.1, -0.05) is 50.4 Å². The molecular weight excluding hydrogens is 386 g/mol. The molecule has 4 nitrogen and oxygen atoms in total. The van der Waals surface area contributed by atoms with Gasteiger partial charge in [-0.25, -0.2) is 4.79 Å². The van der Waals surface area contributed by atoms with E-state index in [2.05, 4.69) is 18.7 Å². The van der Waals surface area contributed by atoms with Crippen LogP contribution in [-0.2, 0) is 6.54 Å². The zero-order chi connectivity index (χ0) is 20.8. The molecule has 0 atom stereocenters. The number of hydrogen-bond acceptors (Lipinski definition) is 4. The highest BCUT2D eigenvalue weighted by atomic mass is 35.5. The molecule has 0 bridgehead atoms. The lowest BCUT2D eigenvalue weighted by Gasteiger charge is -2.23. The van der Waals surface area contributed by atoms with Gasteiger partial charge in [0.15, 0.2) is 0 Å². The lowest BCUT2D eigenvalue weighted by molar-refractivity contribution is 0.253. The number of benzene rings is 2. The molecule has 0 unspecified atom stereocenters. The van der Waals surface area contributed by atoms with E-state index in [0.29, 0.717) is 28.3 Å². The predicted octanol–water partition coefficient (Wildman–Crippen LogP) is 6.22. The number of fused-ring (bicyclic) bond motifs is 1. The molecule has 0 fully saturated rings. The third-order valence-corrected chi connectivity index (χ3v) is 5.43. The summed E-state index contributed by atoms with van der Waals surface area (Å²) in [5.41, 5.74) is 1.97. The summed E-state index contributed by atoms with van der Waals surface area (Å²) in [7, 11) is 0. The molecule has 154 valence electrons. The Morgan fingerprint density at radius 2 is 1.66 bits per heavy atom. The van der Waals surface area contributed by atoms with Crippen molar-refractivity contribution in [1.29, 1.82) is 0 Å². The van der Waals surface area contributed by atoms with Gasteiger partial charge in [-0.05, 0) is 61.8 Å². The lowest BCUT2D eigenvalue weighted by atomic mass is 10.0. The monoisotopic (exact) mass is 413 g/mol. The lowest BCUT2D eigenvalue weighted by Crippen LogP contribution is -2.25. The maximum Gasteiger partial charge on any atom is 0.344 e. The molecule has 0 spiro atoms. The van der Waals surface area contributed by atoms with Crippen LogP contribution in [0.15, 0.2) is 51.7 Å². The van der Waals surface area contributed by atoms with Gasteiger partial charge in [-0.2, -0.15) is 0 Å². The normalized spacial score (nSPS) is 11.4. The van der Waals surface area contributed by atoms with Crippen LogP contribution >= 0.6 is 11.6 Å². The third kappa shape index (κ3) is 5.20. The molecule has 3 rings (SSSR count). The van der Waals surface area contributed by atoms with Crippen molar-refractivity contribution in [2.24, 2.45) is 0 Å². The van der Waals surface area contributed by atoms with Crippen LogP contribution < -0.4 is 5.63 Å². The number of phenolic OH excluding ortho intramolecular Hbond substituents is 1. The minimum absolute atomic E-state index is 0.165. The summed E-state index contributed by atoms with van der Waals surface area (Å²) < 4.78 is 5.72. The summed E-state index contributed by atoms with van der Waals surface area (Å²) >= 11 is 5.96. The summed E-state index contributed by atoms with van der Waals surface area (Å²) in [6, 6.07) is 12.4. The van der Waals surface area contributed by atoms with Gasteiger partial charge in [0.2, 0.25) is 0 Å². The van der Waals surface area contributed by atoms with E-state index in [-0.39, 0.29) is 5.75 Å². The number of aromatic hydroxyl groups is 1. The number of rotatable bonds is 9. The summed E-state index contributed by atoms with van der Waals surface area (Å²) in [5, 5.41) is 11.9. The van der Waals surface area contributed by atoms with Crippen LogP contribution in [0.4, 0.5) is 0 Å². The van der Waals surface area contributed by atoms with Crippen LogP contribution in [0.1, 0.15) is 45.1 Å². The van der Waals surface area contributed by atoms with E-state index in [1.165, 1.54) is 0 Å². The van der Waals surface area contributed by atoms with Crippen molar-refractivity contribution in [3.05, 3.63) is 63.5 Å². The molecule has 1 N–H and O–H groups in total. The smallest absolute Gasteiger partial charge is 0.344 e. The van der Waals surface area contributed by atoms with Gasteiger partial charge < -0.3 is 9.52 Å². The number of unbranched alkanes of at least 4 members (excludes halogenated alkanes) is 2. The second kappa shape index (κ2) is 9.95. The molecule has 0 aliphatic rings. The Labute approximate surface area is 176 Å². The fourth-order valence-electron chi connectivity index (χ4n) is 3.47. The summed E-state index contributed by atoms with van der Waals surface area (Å²) in [6.07, 6.45) is 4.42. The Bertz CT molecular complexity index is 1000. The van der Waals surface area contributed by atoms with Gasteiger partial charge in [-0.3, -0.25) is 4.90 Å². The van der Waals surface area contributed by atoms with Crippen molar-refractivity contribution >= 4 is 22.6 Å². The van der Waals surface area contributed by atoms with Crippen molar-refractivity contribution in [3.8, 4) is 16.9 Å². The van der Waals surface area contributed by atoms with E-state index < -0.39 is 5.63 Å². The Morgan fingerprint density at radius 1 is 1.00 bits per heavy atom. The summed E-state index contributed by atoms with van der Waals surface area (Å²) in [4.78, 5) is 15.0. The minimum atomic E-state index is -0.416. The van der Waals surface area contributed by atoms with Gasteiger partial charge in [0.05, 0.1) is 11.1 Å². The highest BCUT2D eigenvalue weighted by Crippen LogP contribution is 2.30. The van der Waals surface area contributed by atoms with Crippen LogP contribution in [0, 0.1) is 0 Å². The molecule has 5 heteroatoms. The molecule has 0 saturated heterocycles. The molecule has 29 heavy (non-hydrogen) atoms. The first kappa shape index (κ1) is 21.4. The Morgan fingerprint density at radius 3 is 2.28 bits per heavy atom. The molecular formula is C24H28ClNO3. The SMILES string of the molecule is CCCCN(CCCC)Cc1c(O)ccc2cc(-c3ccc(Cl)cc3)c(=O)oc12. The van der Waals surface area contributed by atoms with E-state index in [9.17, 15) is 9.90 Å². The Kier molecular flexibility index (Phi) is 7.34. The van der Waals surface area contributed by atoms with Gasteiger partial charge >= 0.3 is 5.63 Å². The van der Waals surface area contributed by atoms with Gasteiger partial charge in [-0.15, -0.1) is 0 Å². The van der Waals surface area contributed by atoms with Crippen LogP contribution in [0.5, 0.6) is 5.75 Å². The minimum Gasteiger partial charge on any atom is -0.507 e. The standard InChI is InChI=1S/C24H28ClNO3/c1-3-5-13-26(14-6-4-2)16-21-22(27)12-9-18-15-20(24(28)29-23(18)21)17-7-10-19(25)11-8-17/h7-12,15,27H,3-6,13-14,16H2,1-2H3. The van der Waals surface area contributed by atoms with Crippen molar-refractivity contribution < 1.29 is 9.52 Å². The zero-order valence-corrected chi connectivity index (χ0v) is 17.8. The van der Waals surface area contributed by atoms with Crippen molar-refractivity contribution in [3.63, 3.8) is 0 Å². The Balaban J connectivity index is 2.01. The highest BCUT2D eigenvalue weighted by Gasteiger charge is 2.16. The van der Waals surface area contributed by atoms with Gasteiger partial charge in [0, 0.05) is 17.0 Å². The molecule has 1 heterocycles. The van der Waals surface area contributed by atoms with Crippen molar-refractivity contribution in [2.75, 3.05) is 13.1 Å². The van der Waals surface area contributed by atoms with E-state index >= 15 is 0 Å². The molecule has 0 aliphatic carbocycles. The maximum absolute atomic E-state index is 12.7. The molecule has 0 amide bonds. The van der Waals surface area contributed by atoms with Gasteiger partial charge in [0.1, 0.15) is 11.3 Å². The quantitative estimate of drug-likeness (QED) is 0.423. The van der Waals surface area contributed by atoms with Crippen LogP contribution in [0.3, 0.4) is 0 Å². The number of hydrogen-bond donors (Lipinski definition) is 1. The van der Waals surface area contributed by atoms with E-state index in [0.717, 1.165) is 49.7 Å². The first-order chi connectivity index (χ1) is 14.0. The molecule has 3 aromatic rings. The van der Waals surface area contributed by atoms with Gasteiger partial charge in [0.25, 0.3) is 0 Å². The fraction of sp³-hybridized carbons (Fsp3) is 0.375. The highest BCUT2D eigenvalue weighted by molar-refractivity contribution is 6.30. The first-order valence-electron chi connectivity index (χ1n) is 10.3. The summed E-state index contributed by atoms with van der Waals surface area (Å²) in [6.45, 7) is 6.82. The zero-order valence-electron chi connectivity index (χ0n) is 17.1. The average molecular weight is 414 g/mol. The molecule has 0 saturated carbocycles. The number of phenols is 1. The van der Waals surface area contributed by atoms with E-state index in [1.807, 2.05) is 6.07 Å². The van der Waals surface area contributed by atoms with Crippen molar-refractivity contribution in [1.82, 2.24) is 4.90 Å². The topological polar surface area (TPSA) is 53.7 Å². The molecule has 2 aromatic carbocycles. The largest absolute Gasteiger partial charge is 0.507 e. The first-order valence-corrected chi connectivity index (χ1v) is 10.7. The van der Waals surface area contributed by atoms with Crippen LogP contribution in [0.2, 0.25) is 5.02 Å². The average Bonchev–Trinajstić information content (AvgIpc) is 2.72. The second-order valence-corrected chi connectivity index (χ2v) is 7.86. The Hall–Kier alpha value is -2.30. The summed E-state index contributed by atoms with van der Waals surface area (Å²) in [5.74, 6) is 0.165. The number of nitrogens with zero attached hydrogens (tertiary/aromatic N) is 1. The van der Waals surface area contributed by atoms with E-state index in [4.69, 9.17) is 16.0 Å². The molecule has 0 radical (unpaired) electrons. The third-order valence-electron chi connectivity index (χ3n) is 5.17. The molecule has 1 aromatic heterocycles. The number of halogens is 1. The van der Waals surface area contributed by atoms with E-state index in [1.54, 1.807) is 36.4 Å². The molecule has 0 aliphatic heterocycles. The predicted molar refractivity (Wildman–Crippen MR) is 120 cm³/mol.